The van der Waals surface area contributed by atoms with Crippen molar-refractivity contribution in [3.8, 4) is 12.0 Å². The van der Waals surface area contributed by atoms with Gasteiger partial charge in [0.2, 0.25) is 5.95 Å². The van der Waals surface area contributed by atoms with Crippen molar-refractivity contribution in [1.82, 2.24) is 15.0 Å². The first-order valence-corrected chi connectivity index (χ1v) is 6.21. The Morgan fingerprint density at radius 2 is 1.80 bits per heavy atom. The molecule has 104 valence electrons. The molecule has 0 radical (unpaired) electrons. The summed E-state index contributed by atoms with van der Waals surface area (Å²) in [6, 6.07) is 6.28. The Balaban J connectivity index is 2.03. The van der Waals surface area contributed by atoms with Crippen LogP contribution in [-0.4, -0.2) is 35.7 Å². The van der Waals surface area contributed by atoms with Gasteiger partial charge >= 0.3 is 12.0 Å². The van der Waals surface area contributed by atoms with Crippen molar-refractivity contribution in [2.45, 2.75) is 6.42 Å². The van der Waals surface area contributed by atoms with Crippen LogP contribution in [0, 0.1) is 0 Å². The van der Waals surface area contributed by atoms with Crippen LogP contribution in [0.5, 0.6) is 12.0 Å². The van der Waals surface area contributed by atoms with E-state index in [1.165, 1.54) is 19.8 Å². The molecule has 0 atom stereocenters. The molecule has 7 nitrogen and oxygen atoms in total. The molecule has 1 aliphatic heterocycles. The predicted molar refractivity (Wildman–Crippen MR) is 74.5 cm³/mol. The van der Waals surface area contributed by atoms with Gasteiger partial charge in [0.05, 0.1) is 14.2 Å². The van der Waals surface area contributed by atoms with E-state index in [-0.39, 0.29) is 12.0 Å². The summed E-state index contributed by atoms with van der Waals surface area (Å²) in [5, 5.41) is 0. The van der Waals surface area contributed by atoms with Gasteiger partial charge < -0.3 is 20.1 Å². The van der Waals surface area contributed by atoms with E-state index in [1.54, 1.807) is 0 Å². The molecule has 0 aliphatic carbocycles. The van der Waals surface area contributed by atoms with Gasteiger partial charge in [-0.05, 0) is 30.2 Å². The maximum atomic E-state index is 5.81. The molecule has 0 unspecified atom stereocenters. The molecule has 3 rings (SSSR count). The first kappa shape index (κ1) is 12.5. The second-order valence-electron chi connectivity index (χ2n) is 4.40. The first-order chi connectivity index (χ1) is 9.71. The quantitative estimate of drug-likeness (QED) is 0.840. The molecule has 2 aromatic rings. The maximum absolute atomic E-state index is 5.81. The zero-order valence-electron chi connectivity index (χ0n) is 11.3. The molecule has 0 bridgehead atoms. The van der Waals surface area contributed by atoms with E-state index in [4.69, 9.17) is 15.2 Å². The third-order valence-electron chi connectivity index (χ3n) is 3.19. The first-order valence-electron chi connectivity index (χ1n) is 6.21. The molecule has 0 saturated carbocycles. The van der Waals surface area contributed by atoms with Gasteiger partial charge in [-0.2, -0.15) is 9.97 Å². The average molecular weight is 273 g/mol. The second-order valence-corrected chi connectivity index (χ2v) is 4.40. The number of nitrogen functional groups attached to an aromatic ring is 1. The number of rotatable bonds is 3. The van der Waals surface area contributed by atoms with Gasteiger partial charge in [0.15, 0.2) is 0 Å². The van der Waals surface area contributed by atoms with Gasteiger partial charge in [0.1, 0.15) is 0 Å². The number of benzene rings is 1. The molecular formula is C13H15N5O2. The fraction of sp³-hybridized carbons (Fsp3) is 0.308. The van der Waals surface area contributed by atoms with Gasteiger partial charge in [-0.15, -0.1) is 4.98 Å². The molecule has 1 aromatic carbocycles. The third-order valence-corrected chi connectivity index (χ3v) is 3.19. The van der Waals surface area contributed by atoms with Crippen molar-refractivity contribution in [2.24, 2.45) is 0 Å². The van der Waals surface area contributed by atoms with Gasteiger partial charge in [-0.25, -0.2) is 0 Å². The highest BCUT2D eigenvalue weighted by Crippen LogP contribution is 2.34. The van der Waals surface area contributed by atoms with Crippen LogP contribution >= 0.6 is 0 Å². The van der Waals surface area contributed by atoms with Crippen LogP contribution in [0.25, 0.3) is 0 Å². The molecule has 2 heterocycles. The molecule has 7 heteroatoms. The summed E-state index contributed by atoms with van der Waals surface area (Å²) < 4.78 is 10.2. The Bertz CT molecular complexity index is 624. The summed E-state index contributed by atoms with van der Waals surface area (Å²) >= 11 is 0. The number of nitrogens with zero attached hydrogens (tertiary/aromatic N) is 4. The minimum Gasteiger partial charge on any atom is -0.467 e. The smallest absolute Gasteiger partial charge is 0.324 e. The fourth-order valence-electron chi connectivity index (χ4n) is 2.26. The largest absolute Gasteiger partial charge is 0.467 e. The Morgan fingerprint density at radius 1 is 1.10 bits per heavy atom. The summed E-state index contributed by atoms with van der Waals surface area (Å²) in [5.41, 5.74) is 8.80. The Labute approximate surface area is 116 Å². The number of hydrogen-bond donors (Lipinski definition) is 1. The van der Waals surface area contributed by atoms with Crippen molar-refractivity contribution in [3.63, 3.8) is 0 Å². The van der Waals surface area contributed by atoms with Gasteiger partial charge in [-0.1, -0.05) is 0 Å². The van der Waals surface area contributed by atoms with Crippen molar-refractivity contribution in [3.05, 3.63) is 23.8 Å². The number of hydrogen-bond acceptors (Lipinski definition) is 7. The molecule has 20 heavy (non-hydrogen) atoms. The summed E-state index contributed by atoms with van der Waals surface area (Å²) in [7, 11) is 3.02. The lowest BCUT2D eigenvalue weighted by Crippen LogP contribution is -2.17. The predicted octanol–water partition coefficient (Wildman–Crippen LogP) is 1.17. The zero-order chi connectivity index (χ0) is 14.1. The van der Waals surface area contributed by atoms with E-state index in [2.05, 4.69) is 15.0 Å². The van der Waals surface area contributed by atoms with E-state index < -0.39 is 0 Å². The van der Waals surface area contributed by atoms with Crippen LogP contribution < -0.4 is 20.1 Å². The topological polar surface area (TPSA) is 86.4 Å². The summed E-state index contributed by atoms with van der Waals surface area (Å²) in [5.74, 6) is 0.511. The van der Waals surface area contributed by atoms with Crippen LogP contribution in [0.3, 0.4) is 0 Å². The van der Waals surface area contributed by atoms with Gasteiger partial charge in [-0.3, -0.25) is 0 Å². The van der Waals surface area contributed by atoms with Gasteiger partial charge in [0.25, 0.3) is 0 Å². The summed E-state index contributed by atoms with van der Waals surface area (Å²) in [6.07, 6.45) is 0.899. The number of anilines is 3. The molecule has 0 fully saturated rings. The van der Waals surface area contributed by atoms with E-state index in [9.17, 15) is 0 Å². The van der Waals surface area contributed by atoms with Crippen molar-refractivity contribution < 1.29 is 9.47 Å². The van der Waals surface area contributed by atoms with Crippen molar-refractivity contribution in [2.75, 3.05) is 31.4 Å². The van der Waals surface area contributed by atoms with Crippen LogP contribution in [0.1, 0.15) is 5.56 Å². The Kier molecular flexibility index (Phi) is 3.02. The lowest BCUT2D eigenvalue weighted by atomic mass is 10.1. The highest BCUT2D eigenvalue weighted by Gasteiger charge is 2.24. The number of methoxy groups -OCH3 is 2. The summed E-state index contributed by atoms with van der Waals surface area (Å²) in [4.78, 5) is 14.5. The normalized spacial score (nSPS) is 13.2. The third kappa shape index (κ3) is 2.07. The SMILES string of the molecule is COc1nc(OC)nc(N2CCc3cc(N)ccc32)n1. The molecular weight excluding hydrogens is 258 g/mol. The van der Waals surface area contributed by atoms with E-state index >= 15 is 0 Å². The van der Waals surface area contributed by atoms with E-state index in [0.29, 0.717) is 5.95 Å². The number of nitrogens with two attached hydrogens (primary N) is 1. The number of aromatic nitrogens is 3. The van der Waals surface area contributed by atoms with Crippen molar-refractivity contribution >= 4 is 17.3 Å². The molecule has 0 amide bonds. The molecule has 1 aromatic heterocycles. The molecule has 0 saturated heterocycles. The number of fused-ring (bicyclic) bond motifs is 1. The monoisotopic (exact) mass is 273 g/mol. The molecule has 1 aliphatic rings. The average Bonchev–Trinajstić information content (AvgIpc) is 2.89. The number of ether oxygens (including phenoxy) is 2. The van der Waals surface area contributed by atoms with Crippen molar-refractivity contribution in [1.29, 1.82) is 0 Å². The van der Waals surface area contributed by atoms with Crippen LogP contribution in [0.15, 0.2) is 18.2 Å². The van der Waals surface area contributed by atoms with E-state index in [1.807, 2.05) is 23.1 Å². The summed E-state index contributed by atoms with van der Waals surface area (Å²) in [6.45, 7) is 0.787. The van der Waals surface area contributed by atoms with Crippen LogP contribution in [0.4, 0.5) is 17.3 Å². The van der Waals surface area contributed by atoms with Crippen LogP contribution in [0.2, 0.25) is 0 Å². The standard InChI is InChI=1S/C13H15N5O2/c1-19-12-15-11(16-13(17-12)20-2)18-6-5-8-7-9(14)3-4-10(8)18/h3-4,7H,5-6,14H2,1-2H3. The zero-order valence-corrected chi connectivity index (χ0v) is 11.3. The van der Waals surface area contributed by atoms with Gasteiger partial charge in [0, 0.05) is 17.9 Å². The molecule has 2 N–H and O–H groups in total. The highest BCUT2D eigenvalue weighted by atomic mass is 16.5. The fourth-order valence-corrected chi connectivity index (χ4v) is 2.26. The van der Waals surface area contributed by atoms with E-state index in [0.717, 1.165) is 24.3 Å². The minimum absolute atomic E-state index is 0.232. The highest BCUT2D eigenvalue weighted by molar-refractivity contribution is 5.68. The Hall–Kier alpha value is -2.57. The Morgan fingerprint density at radius 3 is 2.45 bits per heavy atom. The lowest BCUT2D eigenvalue weighted by molar-refractivity contribution is 0.340. The molecule has 0 spiro atoms. The second kappa shape index (κ2) is 4.84. The maximum Gasteiger partial charge on any atom is 0.324 e. The van der Waals surface area contributed by atoms with Crippen LogP contribution in [-0.2, 0) is 6.42 Å². The minimum atomic E-state index is 0.232. The lowest BCUT2D eigenvalue weighted by Gasteiger charge is -2.17.